The first-order valence-electron chi connectivity index (χ1n) is 4.54. The summed E-state index contributed by atoms with van der Waals surface area (Å²) < 4.78 is 0. The fourth-order valence-electron chi connectivity index (χ4n) is 0.709. The molecule has 4 heteroatoms. The summed E-state index contributed by atoms with van der Waals surface area (Å²) in [4.78, 5) is 21.0. The molecule has 0 heterocycles. The first kappa shape index (κ1) is 12.5. The largest absolute Gasteiger partial charge is 0.480 e. The van der Waals surface area contributed by atoms with Crippen molar-refractivity contribution < 1.29 is 14.7 Å². The molecule has 1 amide bonds. The van der Waals surface area contributed by atoms with Gasteiger partial charge in [-0.2, -0.15) is 0 Å². The highest BCUT2D eigenvalue weighted by Gasteiger charge is 1.99. The highest BCUT2D eigenvalue weighted by Crippen LogP contribution is 1.87. The molecule has 0 unspecified atom stereocenters. The highest BCUT2D eigenvalue weighted by molar-refractivity contribution is 5.81. The van der Waals surface area contributed by atoms with Gasteiger partial charge in [0, 0.05) is 0 Å². The van der Waals surface area contributed by atoms with Gasteiger partial charge < -0.3 is 10.4 Å². The van der Waals surface area contributed by atoms with Crippen LogP contribution in [0.4, 0.5) is 0 Å². The summed E-state index contributed by atoms with van der Waals surface area (Å²) in [7, 11) is 0. The van der Waals surface area contributed by atoms with E-state index in [9.17, 15) is 9.59 Å². The molecule has 0 aliphatic heterocycles. The Balaban J connectivity index is 3.63. The lowest BCUT2D eigenvalue weighted by Crippen LogP contribution is -2.28. The number of nitrogens with one attached hydrogen (secondary N) is 1. The Morgan fingerprint density at radius 1 is 1.43 bits per heavy atom. The standard InChI is InChI=1S/C10H15NO3/c1-2-3-4-5-6-7-9(12)11-8-10(13)14/h4,6H,2-3,7-8H2,1H3,(H,11,12)(H,13,14). The maximum atomic E-state index is 10.9. The summed E-state index contributed by atoms with van der Waals surface area (Å²) in [6.45, 7) is 1.73. The molecular formula is C10H15NO3. The van der Waals surface area contributed by atoms with Gasteiger partial charge in [-0.05, 0) is 18.6 Å². The van der Waals surface area contributed by atoms with Crippen LogP contribution in [0.15, 0.2) is 17.9 Å². The van der Waals surface area contributed by atoms with Gasteiger partial charge in [0.15, 0.2) is 0 Å². The molecular weight excluding hydrogens is 182 g/mol. The van der Waals surface area contributed by atoms with E-state index in [2.05, 4.69) is 18.0 Å². The maximum absolute atomic E-state index is 10.9. The summed E-state index contributed by atoms with van der Waals surface area (Å²) in [5.74, 6) is -1.34. The Hall–Kier alpha value is -1.54. The Kier molecular flexibility index (Phi) is 7.19. The van der Waals surface area contributed by atoms with Crippen molar-refractivity contribution in [2.45, 2.75) is 26.2 Å². The third kappa shape index (κ3) is 8.56. The quantitative estimate of drug-likeness (QED) is 0.626. The van der Waals surface area contributed by atoms with Crippen LogP contribution >= 0.6 is 0 Å². The van der Waals surface area contributed by atoms with Gasteiger partial charge in [0.1, 0.15) is 6.54 Å². The molecule has 0 bridgehead atoms. The fraction of sp³-hybridized carbons (Fsp3) is 0.500. The average molecular weight is 197 g/mol. The Morgan fingerprint density at radius 3 is 2.71 bits per heavy atom. The van der Waals surface area contributed by atoms with E-state index >= 15 is 0 Å². The number of carbonyl (C=O) groups is 2. The number of carboxylic acid groups (broad SMARTS) is 1. The highest BCUT2D eigenvalue weighted by atomic mass is 16.4. The molecule has 0 saturated carbocycles. The van der Waals surface area contributed by atoms with Gasteiger partial charge >= 0.3 is 5.97 Å². The lowest BCUT2D eigenvalue weighted by molar-refractivity contribution is -0.137. The van der Waals surface area contributed by atoms with Crippen molar-refractivity contribution in [1.29, 1.82) is 0 Å². The van der Waals surface area contributed by atoms with Gasteiger partial charge in [0.25, 0.3) is 0 Å². The van der Waals surface area contributed by atoms with Crippen molar-refractivity contribution in [2.75, 3.05) is 6.54 Å². The normalized spacial score (nSPS) is 8.64. The molecule has 0 aliphatic rings. The first-order valence-corrected chi connectivity index (χ1v) is 4.54. The third-order valence-corrected chi connectivity index (χ3v) is 1.39. The first-order chi connectivity index (χ1) is 6.66. The molecule has 0 atom stereocenters. The number of rotatable bonds is 6. The molecule has 0 rings (SSSR count). The summed E-state index contributed by atoms with van der Waals surface area (Å²) in [6.07, 6.45) is 5.60. The van der Waals surface area contributed by atoms with Gasteiger partial charge in [0.05, 0.1) is 6.42 Å². The van der Waals surface area contributed by atoms with Gasteiger partial charge in [-0.1, -0.05) is 13.3 Å². The Morgan fingerprint density at radius 2 is 2.14 bits per heavy atom. The minimum absolute atomic E-state index is 0.174. The topological polar surface area (TPSA) is 66.4 Å². The zero-order chi connectivity index (χ0) is 10.8. The molecule has 78 valence electrons. The number of hydrogen-bond donors (Lipinski definition) is 2. The smallest absolute Gasteiger partial charge is 0.322 e. The maximum Gasteiger partial charge on any atom is 0.322 e. The summed E-state index contributed by atoms with van der Waals surface area (Å²) in [5, 5.41) is 10.5. The van der Waals surface area contributed by atoms with Crippen LogP contribution in [0, 0.1) is 0 Å². The van der Waals surface area contributed by atoms with Gasteiger partial charge in [0.2, 0.25) is 5.91 Å². The number of unbranched alkanes of at least 4 members (excludes halogenated alkanes) is 1. The predicted molar refractivity (Wildman–Crippen MR) is 52.8 cm³/mol. The van der Waals surface area contributed by atoms with Crippen molar-refractivity contribution in [1.82, 2.24) is 5.32 Å². The van der Waals surface area contributed by atoms with Crippen molar-refractivity contribution in [3.63, 3.8) is 0 Å². The van der Waals surface area contributed by atoms with Crippen molar-refractivity contribution >= 4 is 11.9 Å². The second kappa shape index (κ2) is 8.08. The van der Waals surface area contributed by atoms with E-state index in [0.717, 1.165) is 12.8 Å². The molecule has 0 spiro atoms. The molecule has 14 heavy (non-hydrogen) atoms. The number of hydrogen-bond acceptors (Lipinski definition) is 2. The van der Waals surface area contributed by atoms with Crippen molar-refractivity contribution in [2.24, 2.45) is 0 Å². The number of amides is 1. The van der Waals surface area contributed by atoms with Crippen molar-refractivity contribution in [3.8, 4) is 0 Å². The molecule has 0 aromatic carbocycles. The van der Waals surface area contributed by atoms with Crippen LogP contribution in [0.2, 0.25) is 0 Å². The molecule has 0 radical (unpaired) electrons. The van der Waals surface area contributed by atoms with E-state index in [1.165, 1.54) is 0 Å². The molecule has 0 aromatic heterocycles. The fourth-order valence-corrected chi connectivity index (χ4v) is 0.709. The Labute approximate surface area is 83.3 Å². The summed E-state index contributed by atoms with van der Waals surface area (Å²) in [6, 6.07) is 0. The van der Waals surface area contributed by atoms with Gasteiger partial charge in [-0.25, -0.2) is 0 Å². The molecule has 0 saturated heterocycles. The van der Waals surface area contributed by atoms with Crippen molar-refractivity contribution in [3.05, 3.63) is 17.9 Å². The lowest BCUT2D eigenvalue weighted by atomic mass is 10.3. The second-order valence-electron chi connectivity index (χ2n) is 2.74. The van der Waals surface area contributed by atoms with Crippen LogP contribution < -0.4 is 5.32 Å². The van der Waals surface area contributed by atoms with E-state index in [-0.39, 0.29) is 18.9 Å². The zero-order valence-electron chi connectivity index (χ0n) is 8.25. The monoisotopic (exact) mass is 197 g/mol. The Bertz CT molecular complexity index is 252. The third-order valence-electron chi connectivity index (χ3n) is 1.39. The van der Waals surface area contributed by atoms with E-state index in [1.54, 1.807) is 6.08 Å². The van der Waals surface area contributed by atoms with E-state index < -0.39 is 5.97 Å². The number of carboxylic acids is 1. The average Bonchev–Trinajstić information content (AvgIpc) is 2.14. The second-order valence-corrected chi connectivity index (χ2v) is 2.74. The van der Waals surface area contributed by atoms with Crippen LogP contribution in [-0.4, -0.2) is 23.5 Å². The predicted octanol–water partition coefficient (Wildman–Crippen LogP) is 1.09. The van der Waals surface area contributed by atoms with Crippen LogP contribution in [0.1, 0.15) is 26.2 Å². The molecule has 0 aliphatic carbocycles. The number of aliphatic carboxylic acids is 1. The van der Waals surface area contributed by atoms with Crippen LogP contribution in [-0.2, 0) is 9.59 Å². The molecule has 2 N–H and O–H groups in total. The van der Waals surface area contributed by atoms with E-state index in [1.807, 2.05) is 6.08 Å². The van der Waals surface area contributed by atoms with Gasteiger partial charge in [-0.15, -0.1) is 5.73 Å². The summed E-state index contributed by atoms with van der Waals surface area (Å²) in [5.41, 5.74) is 2.85. The summed E-state index contributed by atoms with van der Waals surface area (Å²) >= 11 is 0. The van der Waals surface area contributed by atoms with E-state index in [0.29, 0.717) is 0 Å². The minimum atomic E-state index is -1.04. The van der Waals surface area contributed by atoms with Crippen LogP contribution in [0.5, 0.6) is 0 Å². The molecule has 0 fully saturated rings. The molecule has 0 aromatic rings. The molecule has 4 nitrogen and oxygen atoms in total. The van der Waals surface area contributed by atoms with E-state index in [4.69, 9.17) is 5.11 Å². The van der Waals surface area contributed by atoms with Gasteiger partial charge in [-0.3, -0.25) is 9.59 Å². The van der Waals surface area contributed by atoms with Crippen LogP contribution in [0.3, 0.4) is 0 Å². The lowest BCUT2D eigenvalue weighted by Gasteiger charge is -1.96. The zero-order valence-corrected chi connectivity index (χ0v) is 8.25. The number of carbonyl (C=O) groups excluding carboxylic acids is 1. The SMILES string of the molecule is CCCC=C=CCC(=O)NCC(=O)O. The minimum Gasteiger partial charge on any atom is -0.480 e. The van der Waals surface area contributed by atoms with Crippen LogP contribution in [0.25, 0.3) is 0 Å².